The molecule has 5 nitrogen and oxygen atoms in total. The lowest BCUT2D eigenvalue weighted by molar-refractivity contribution is -0.166. The molecule has 2 aliphatic rings. The molecule has 18 heavy (non-hydrogen) atoms. The van der Waals surface area contributed by atoms with E-state index < -0.39 is 11.5 Å². The van der Waals surface area contributed by atoms with Gasteiger partial charge in [-0.1, -0.05) is 6.92 Å². The first-order chi connectivity index (χ1) is 8.54. The van der Waals surface area contributed by atoms with E-state index in [0.29, 0.717) is 19.5 Å². The Bertz CT molecular complexity index is 354. The minimum Gasteiger partial charge on any atom is -0.479 e. The highest BCUT2D eigenvalue weighted by Gasteiger charge is 2.55. The number of carbonyl (C=O) groups is 2. The van der Waals surface area contributed by atoms with E-state index in [1.807, 2.05) is 6.92 Å². The molecule has 5 heteroatoms. The Morgan fingerprint density at radius 3 is 2.56 bits per heavy atom. The fourth-order valence-electron chi connectivity index (χ4n) is 3.31. The van der Waals surface area contributed by atoms with E-state index in [1.165, 1.54) is 6.92 Å². The topological polar surface area (TPSA) is 69.6 Å². The molecule has 0 spiro atoms. The number of nitrogens with one attached hydrogen (secondary N) is 1. The number of nitrogens with zero attached hydrogens (tertiary/aromatic N) is 1. The summed E-state index contributed by atoms with van der Waals surface area (Å²) >= 11 is 0. The van der Waals surface area contributed by atoms with Crippen molar-refractivity contribution in [3.05, 3.63) is 0 Å². The van der Waals surface area contributed by atoms with E-state index in [2.05, 4.69) is 5.32 Å². The van der Waals surface area contributed by atoms with Crippen LogP contribution in [-0.2, 0) is 9.59 Å². The summed E-state index contributed by atoms with van der Waals surface area (Å²) in [6.07, 6.45) is 3.17. The van der Waals surface area contributed by atoms with Gasteiger partial charge in [0.25, 0.3) is 0 Å². The van der Waals surface area contributed by atoms with Crippen LogP contribution in [-0.4, -0.2) is 46.6 Å². The third-order valence-electron chi connectivity index (χ3n) is 4.29. The quantitative estimate of drug-likeness (QED) is 0.780. The van der Waals surface area contributed by atoms with Gasteiger partial charge in [0.05, 0.1) is 0 Å². The molecule has 102 valence electrons. The van der Waals surface area contributed by atoms with E-state index in [0.717, 1.165) is 19.3 Å². The summed E-state index contributed by atoms with van der Waals surface area (Å²) in [6.45, 7) is 4.84. The average Bonchev–Trinajstić information content (AvgIpc) is 3.13. The van der Waals surface area contributed by atoms with Crippen LogP contribution in [0.3, 0.4) is 0 Å². The summed E-state index contributed by atoms with van der Waals surface area (Å²) in [7, 11) is 0. The van der Waals surface area contributed by atoms with Crippen molar-refractivity contribution < 1.29 is 14.7 Å². The molecule has 2 atom stereocenters. The number of carboxylic acids is 1. The molecule has 2 rings (SSSR count). The van der Waals surface area contributed by atoms with E-state index in [-0.39, 0.29) is 17.9 Å². The van der Waals surface area contributed by atoms with Gasteiger partial charge in [-0.05, 0) is 32.2 Å². The summed E-state index contributed by atoms with van der Waals surface area (Å²) in [5.41, 5.74) is -0.993. The number of piperidine rings is 1. The molecule has 0 bridgehead atoms. The van der Waals surface area contributed by atoms with E-state index in [4.69, 9.17) is 0 Å². The Balaban J connectivity index is 2.39. The van der Waals surface area contributed by atoms with Crippen molar-refractivity contribution in [1.82, 2.24) is 10.2 Å². The summed E-state index contributed by atoms with van der Waals surface area (Å²) in [4.78, 5) is 25.5. The lowest BCUT2D eigenvalue weighted by Gasteiger charge is -2.48. The SMILES string of the molecule is CCC1CNCCC1(C(=O)O)N(C(C)=O)C1CC1. The molecule has 1 aliphatic carbocycles. The van der Waals surface area contributed by atoms with Gasteiger partial charge in [0, 0.05) is 25.4 Å². The number of hydrogen-bond acceptors (Lipinski definition) is 3. The van der Waals surface area contributed by atoms with Gasteiger partial charge in [0.2, 0.25) is 5.91 Å². The van der Waals surface area contributed by atoms with Crippen molar-refractivity contribution in [2.45, 2.75) is 51.1 Å². The second kappa shape index (κ2) is 4.88. The number of carboxylic acid groups (broad SMARTS) is 1. The summed E-state index contributed by atoms with van der Waals surface area (Å²) in [5.74, 6) is -0.938. The first-order valence-corrected chi connectivity index (χ1v) is 6.78. The fourth-order valence-corrected chi connectivity index (χ4v) is 3.31. The number of aliphatic carboxylic acids is 1. The van der Waals surface area contributed by atoms with Gasteiger partial charge in [-0.25, -0.2) is 4.79 Å². The van der Waals surface area contributed by atoms with Crippen LogP contribution >= 0.6 is 0 Å². The number of amides is 1. The summed E-state index contributed by atoms with van der Waals surface area (Å²) in [5, 5.41) is 13.0. The molecule has 1 saturated carbocycles. The molecule has 2 unspecified atom stereocenters. The molecule has 1 amide bonds. The van der Waals surface area contributed by atoms with Crippen LogP contribution in [0.2, 0.25) is 0 Å². The van der Waals surface area contributed by atoms with Crippen LogP contribution in [0.5, 0.6) is 0 Å². The number of carbonyl (C=O) groups excluding carboxylic acids is 1. The molecular formula is C13H22N2O3. The minimum absolute atomic E-state index is 0.00625. The number of hydrogen-bond donors (Lipinski definition) is 2. The zero-order chi connectivity index (χ0) is 13.3. The normalized spacial score (nSPS) is 32.0. The lowest BCUT2D eigenvalue weighted by atomic mass is 9.75. The Kier molecular flexibility index (Phi) is 3.61. The fraction of sp³-hybridized carbons (Fsp3) is 0.846. The van der Waals surface area contributed by atoms with Gasteiger partial charge in [-0.15, -0.1) is 0 Å². The molecular weight excluding hydrogens is 232 g/mol. The maximum Gasteiger partial charge on any atom is 0.330 e. The van der Waals surface area contributed by atoms with E-state index >= 15 is 0 Å². The minimum atomic E-state index is -0.993. The van der Waals surface area contributed by atoms with Crippen molar-refractivity contribution in [1.29, 1.82) is 0 Å². The van der Waals surface area contributed by atoms with Gasteiger partial charge in [-0.2, -0.15) is 0 Å². The second-order valence-corrected chi connectivity index (χ2v) is 5.41. The Hall–Kier alpha value is -1.10. The van der Waals surface area contributed by atoms with Crippen molar-refractivity contribution >= 4 is 11.9 Å². The molecule has 0 aromatic carbocycles. The van der Waals surface area contributed by atoms with E-state index in [9.17, 15) is 14.7 Å². The third-order valence-corrected chi connectivity index (χ3v) is 4.29. The third kappa shape index (κ3) is 2.00. The second-order valence-electron chi connectivity index (χ2n) is 5.41. The van der Waals surface area contributed by atoms with Crippen molar-refractivity contribution in [2.24, 2.45) is 5.92 Å². The highest BCUT2D eigenvalue weighted by molar-refractivity contribution is 5.87. The molecule has 2 fully saturated rings. The zero-order valence-electron chi connectivity index (χ0n) is 11.1. The molecule has 0 aromatic rings. The molecule has 0 aromatic heterocycles. The smallest absolute Gasteiger partial charge is 0.330 e. The molecule has 1 saturated heterocycles. The predicted molar refractivity (Wildman–Crippen MR) is 67.2 cm³/mol. The number of rotatable bonds is 4. The molecule has 1 heterocycles. The average molecular weight is 254 g/mol. The van der Waals surface area contributed by atoms with Crippen LogP contribution in [0.4, 0.5) is 0 Å². The Morgan fingerprint density at radius 1 is 1.44 bits per heavy atom. The highest BCUT2D eigenvalue weighted by Crippen LogP contribution is 2.41. The Labute approximate surface area is 108 Å². The molecule has 0 radical (unpaired) electrons. The standard InChI is InChI=1S/C13H22N2O3/c1-3-10-8-14-7-6-13(10,12(17)18)15(9(2)16)11-4-5-11/h10-11,14H,3-8H2,1-2H3,(H,17,18). The van der Waals surface area contributed by atoms with Crippen molar-refractivity contribution in [3.63, 3.8) is 0 Å². The van der Waals surface area contributed by atoms with Gasteiger partial charge in [0.1, 0.15) is 5.54 Å². The van der Waals surface area contributed by atoms with Gasteiger partial charge in [-0.3, -0.25) is 4.79 Å². The van der Waals surface area contributed by atoms with Crippen LogP contribution in [0, 0.1) is 5.92 Å². The van der Waals surface area contributed by atoms with Crippen molar-refractivity contribution in [3.8, 4) is 0 Å². The first kappa shape index (κ1) is 13.3. The zero-order valence-corrected chi connectivity index (χ0v) is 11.1. The largest absolute Gasteiger partial charge is 0.479 e. The van der Waals surface area contributed by atoms with Crippen LogP contribution < -0.4 is 5.32 Å². The molecule has 1 aliphatic heterocycles. The maximum absolute atomic E-state index is 11.9. The van der Waals surface area contributed by atoms with Gasteiger partial charge < -0.3 is 15.3 Å². The van der Waals surface area contributed by atoms with Crippen molar-refractivity contribution in [2.75, 3.05) is 13.1 Å². The molecule has 2 N–H and O–H groups in total. The maximum atomic E-state index is 11.9. The first-order valence-electron chi connectivity index (χ1n) is 6.78. The van der Waals surface area contributed by atoms with Crippen LogP contribution in [0.15, 0.2) is 0 Å². The predicted octanol–water partition coefficient (Wildman–Crippen LogP) is 0.840. The van der Waals surface area contributed by atoms with Gasteiger partial charge in [0.15, 0.2) is 0 Å². The summed E-state index contributed by atoms with van der Waals surface area (Å²) in [6, 6.07) is 0.144. The Morgan fingerprint density at radius 2 is 2.11 bits per heavy atom. The lowest BCUT2D eigenvalue weighted by Crippen LogP contribution is -2.66. The van der Waals surface area contributed by atoms with E-state index in [1.54, 1.807) is 4.90 Å². The van der Waals surface area contributed by atoms with Crippen LogP contribution in [0.1, 0.15) is 39.5 Å². The van der Waals surface area contributed by atoms with Crippen LogP contribution in [0.25, 0.3) is 0 Å². The monoisotopic (exact) mass is 254 g/mol. The summed E-state index contributed by atoms with van der Waals surface area (Å²) < 4.78 is 0. The highest BCUT2D eigenvalue weighted by atomic mass is 16.4. The van der Waals surface area contributed by atoms with Gasteiger partial charge >= 0.3 is 5.97 Å².